The van der Waals surface area contributed by atoms with E-state index in [1.165, 1.54) is 6.42 Å². The van der Waals surface area contributed by atoms with Gasteiger partial charge in [-0.2, -0.15) is 0 Å². The van der Waals surface area contributed by atoms with Crippen LogP contribution in [0.1, 0.15) is 45.1 Å². The molecule has 0 spiro atoms. The van der Waals surface area contributed by atoms with E-state index in [0.29, 0.717) is 17.8 Å². The lowest BCUT2D eigenvalue weighted by atomic mass is 9.65. The number of ketones is 1. The molecule has 6 aliphatic rings. The molecule has 180 valence electrons. The van der Waals surface area contributed by atoms with Gasteiger partial charge in [-0.3, -0.25) is 9.59 Å². The molecule has 0 aromatic heterocycles. The lowest BCUT2D eigenvalue weighted by Crippen LogP contribution is -2.45. The Labute approximate surface area is 201 Å². The van der Waals surface area contributed by atoms with Crippen LogP contribution in [0.25, 0.3) is 0 Å². The fourth-order valence-corrected chi connectivity index (χ4v) is 7.94. The van der Waals surface area contributed by atoms with Crippen molar-refractivity contribution in [1.29, 1.82) is 0 Å². The van der Waals surface area contributed by atoms with Gasteiger partial charge in [0, 0.05) is 30.6 Å². The minimum Gasteiger partial charge on any atom is -0.490 e. The van der Waals surface area contributed by atoms with Gasteiger partial charge in [-0.15, -0.1) is 0 Å². The van der Waals surface area contributed by atoms with Gasteiger partial charge in [0.25, 0.3) is 0 Å². The number of aliphatic hydroxyl groups is 1. The Morgan fingerprint density at radius 2 is 1.91 bits per heavy atom. The third-order valence-corrected chi connectivity index (χ3v) is 9.34. The number of ether oxygens (including phenoxy) is 1. The molecular weight excluding hydrogens is 426 g/mol. The highest BCUT2D eigenvalue weighted by Crippen LogP contribution is 2.58. The monoisotopic (exact) mass is 461 g/mol. The number of hydrogen-bond acceptors (Lipinski definition) is 4. The summed E-state index contributed by atoms with van der Waals surface area (Å²) in [5.41, 5.74) is -0.478. The summed E-state index contributed by atoms with van der Waals surface area (Å²) in [7, 11) is 0. The number of rotatable bonds is 1. The van der Waals surface area contributed by atoms with Crippen molar-refractivity contribution in [3.63, 3.8) is 0 Å². The van der Waals surface area contributed by atoms with Crippen LogP contribution in [-0.4, -0.2) is 28.6 Å². The van der Waals surface area contributed by atoms with Crippen molar-refractivity contribution in [1.82, 2.24) is 5.32 Å². The smallest absolute Gasteiger partial charge is 0.232 e. The van der Waals surface area contributed by atoms with E-state index in [-0.39, 0.29) is 54.3 Å². The summed E-state index contributed by atoms with van der Waals surface area (Å²) in [6.07, 6.45) is 12.5. The fourth-order valence-electron chi connectivity index (χ4n) is 7.94. The Morgan fingerprint density at radius 1 is 1.12 bits per heavy atom. The van der Waals surface area contributed by atoms with E-state index >= 15 is 0 Å². The molecule has 1 amide bonds. The number of carbonyl (C=O) groups excluding carboxylic acids is 2. The van der Waals surface area contributed by atoms with E-state index in [4.69, 9.17) is 4.74 Å². The average Bonchev–Trinajstić information content (AvgIpc) is 3.27. The first kappa shape index (κ1) is 22.1. The van der Waals surface area contributed by atoms with Gasteiger partial charge in [0.05, 0.1) is 0 Å². The topological polar surface area (TPSA) is 75.6 Å². The zero-order valence-corrected chi connectivity index (χ0v) is 20.0. The minimum absolute atomic E-state index is 0.0286. The van der Waals surface area contributed by atoms with Crippen LogP contribution < -0.4 is 10.1 Å². The standard InChI is InChI=1S/C29H35NO4/c1-3-4-18-8-12-20-22-13-16(2)5-11-21(22)27-25(20)24(18)26(31)23-15-29(33,30-28(23)32)14-17-6-9-19(34-27)10-7-17/h3-4,6-10,12,16,18,20-25,27,33H,5,11,13-15H2,1-2H3,(H,30,32)/b4-3-/t16-,18+,20+,21-,22+,23?,24+,25+,27+,29-/m1/s1. The van der Waals surface area contributed by atoms with Crippen LogP contribution in [0.4, 0.5) is 0 Å². The van der Waals surface area contributed by atoms with Gasteiger partial charge in [-0.05, 0) is 61.1 Å². The predicted octanol–water partition coefficient (Wildman–Crippen LogP) is 4.06. The van der Waals surface area contributed by atoms with Gasteiger partial charge in [-0.1, -0.05) is 49.8 Å². The summed E-state index contributed by atoms with van der Waals surface area (Å²) in [4.78, 5) is 27.3. The molecule has 3 fully saturated rings. The highest BCUT2D eigenvalue weighted by Gasteiger charge is 2.60. The molecule has 4 bridgehead atoms. The number of Topliss-reactive ketones (excluding diaryl/α,β-unsaturated/α-hetero) is 1. The molecule has 3 aliphatic carbocycles. The second-order valence-electron chi connectivity index (χ2n) is 11.5. The highest BCUT2D eigenvalue weighted by atomic mass is 16.5. The van der Waals surface area contributed by atoms with E-state index in [9.17, 15) is 14.7 Å². The predicted molar refractivity (Wildman–Crippen MR) is 129 cm³/mol. The van der Waals surface area contributed by atoms with Gasteiger partial charge in [0.2, 0.25) is 5.91 Å². The van der Waals surface area contributed by atoms with Crippen molar-refractivity contribution in [2.75, 3.05) is 0 Å². The summed E-state index contributed by atoms with van der Waals surface area (Å²) in [6, 6.07) is 7.91. The minimum atomic E-state index is -1.40. The zero-order valence-electron chi connectivity index (χ0n) is 20.0. The lowest BCUT2D eigenvalue weighted by molar-refractivity contribution is -0.137. The van der Waals surface area contributed by atoms with Crippen LogP contribution in [0.3, 0.4) is 0 Å². The Kier molecular flexibility index (Phi) is 5.25. The van der Waals surface area contributed by atoms with E-state index in [0.717, 1.165) is 24.2 Å². The molecule has 2 N–H and O–H groups in total. The van der Waals surface area contributed by atoms with Crippen molar-refractivity contribution in [2.24, 2.45) is 47.3 Å². The molecule has 1 saturated heterocycles. The van der Waals surface area contributed by atoms with Gasteiger partial charge >= 0.3 is 0 Å². The highest BCUT2D eigenvalue weighted by molar-refractivity contribution is 6.04. The summed E-state index contributed by atoms with van der Waals surface area (Å²) >= 11 is 0. The van der Waals surface area contributed by atoms with Crippen LogP contribution in [0.15, 0.2) is 48.6 Å². The first-order valence-electron chi connectivity index (χ1n) is 13.0. The first-order chi connectivity index (χ1) is 16.4. The van der Waals surface area contributed by atoms with E-state index in [2.05, 4.69) is 30.5 Å². The van der Waals surface area contributed by atoms with Crippen LogP contribution in [-0.2, 0) is 16.0 Å². The zero-order chi connectivity index (χ0) is 23.6. The van der Waals surface area contributed by atoms with Gasteiger partial charge < -0.3 is 15.2 Å². The van der Waals surface area contributed by atoms with Crippen molar-refractivity contribution < 1.29 is 19.4 Å². The number of nitrogens with one attached hydrogen (secondary N) is 1. The summed E-state index contributed by atoms with van der Waals surface area (Å²) in [6.45, 7) is 4.32. The molecule has 3 aliphatic heterocycles. The molecule has 1 aromatic carbocycles. The summed E-state index contributed by atoms with van der Waals surface area (Å²) in [5.74, 6) is 1.15. The first-order valence-corrected chi connectivity index (χ1v) is 13.0. The maximum absolute atomic E-state index is 14.2. The average molecular weight is 462 g/mol. The largest absolute Gasteiger partial charge is 0.490 e. The van der Waals surface area contributed by atoms with E-state index < -0.39 is 11.6 Å². The van der Waals surface area contributed by atoms with Crippen LogP contribution in [0.2, 0.25) is 0 Å². The molecule has 0 radical (unpaired) electrons. The molecule has 1 aromatic rings. The van der Waals surface area contributed by atoms with Gasteiger partial charge in [0.1, 0.15) is 29.3 Å². The van der Waals surface area contributed by atoms with Crippen LogP contribution >= 0.6 is 0 Å². The molecule has 2 saturated carbocycles. The van der Waals surface area contributed by atoms with E-state index in [1.807, 2.05) is 37.3 Å². The normalized spacial score (nSPS) is 45.1. The molecule has 1 unspecified atom stereocenters. The quantitative estimate of drug-likeness (QED) is 0.489. The Bertz CT molecular complexity index is 1040. The second kappa shape index (κ2) is 8.08. The van der Waals surface area contributed by atoms with E-state index in [1.54, 1.807) is 0 Å². The number of amides is 1. The number of allylic oxidation sites excluding steroid dienone is 4. The molecule has 5 nitrogen and oxygen atoms in total. The molecule has 34 heavy (non-hydrogen) atoms. The third-order valence-electron chi connectivity index (χ3n) is 9.34. The number of benzene rings is 1. The SMILES string of the molecule is C/C=C\[C@H]1C=C[C@H]2[C@@H]3C[C@H](C)CC[C@H]3[C@@H]3Oc4ccc(cc4)C[C@@]4(O)CC(C(=O)N4)C(=O)[C@@H]1[C@H]23. The van der Waals surface area contributed by atoms with Crippen molar-refractivity contribution >= 4 is 11.7 Å². The number of carbonyl (C=O) groups is 2. The van der Waals surface area contributed by atoms with Crippen molar-refractivity contribution in [3.05, 3.63) is 54.1 Å². The second-order valence-corrected chi connectivity index (χ2v) is 11.5. The van der Waals surface area contributed by atoms with Gasteiger partial charge in [0.15, 0.2) is 0 Å². The Balaban J connectivity index is 1.50. The van der Waals surface area contributed by atoms with Crippen LogP contribution in [0.5, 0.6) is 5.75 Å². The Morgan fingerprint density at radius 3 is 2.68 bits per heavy atom. The molecular formula is C29H35NO4. The Hall–Kier alpha value is -2.40. The van der Waals surface area contributed by atoms with Crippen LogP contribution in [0, 0.1) is 47.3 Å². The number of hydrogen-bond donors (Lipinski definition) is 2. The van der Waals surface area contributed by atoms with Crippen molar-refractivity contribution in [3.8, 4) is 5.75 Å². The lowest BCUT2D eigenvalue weighted by Gasteiger charge is -2.39. The molecule has 10 atom stereocenters. The van der Waals surface area contributed by atoms with Gasteiger partial charge in [-0.25, -0.2) is 0 Å². The molecule has 3 heterocycles. The molecule has 7 rings (SSSR count). The maximum atomic E-state index is 14.2. The van der Waals surface area contributed by atoms with Crippen molar-refractivity contribution in [2.45, 2.75) is 57.8 Å². The summed E-state index contributed by atoms with van der Waals surface area (Å²) in [5, 5.41) is 14.0. The fraction of sp³-hybridized carbons (Fsp3) is 0.586. The third kappa shape index (κ3) is 3.46. The maximum Gasteiger partial charge on any atom is 0.232 e. The molecule has 5 heteroatoms. The number of fused-ring (bicyclic) bond motifs is 4. The summed E-state index contributed by atoms with van der Waals surface area (Å²) < 4.78 is 6.78.